The number of carbonyl (C=O) groups is 1. The van der Waals surface area contributed by atoms with Crippen LogP contribution in [0.1, 0.15) is 25.7 Å². The lowest BCUT2D eigenvalue weighted by Gasteiger charge is -1.97. The SMILES string of the molecule is N#CCCCCC(=O)OCC#N. The molecule has 0 bridgehead atoms. The highest BCUT2D eigenvalue weighted by atomic mass is 16.5. The van der Waals surface area contributed by atoms with Gasteiger partial charge < -0.3 is 4.74 Å². The number of nitriles is 2. The molecule has 0 spiro atoms. The predicted molar refractivity (Wildman–Crippen MR) is 40.7 cm³/mol. The van der Waals surface area contributed by atoms with Gasteiger partial charge in [0.05, 0.1) is 6.07 Å². The van der Waals surface area contributed by atoms with E-state index in [0.717, 1.165) is 0 Å². The maximum Gasteiger partial charge on any atom is 0.306 e. The Balaban J connectivity index is 3.22. The second-order valence-corrected chi connectivity index (χ2v) is 2.18. The van der Waals surface area contributed by atoms with Gasteiger partial charge in [-0.3, -0.25) is 4.79 Å². The van der Waals surface area contributed by atoms with Gasteiger partial charge >= 0.3 is 5.97 Å². The summed E-state index contributed by atoms with van der Waals surface area (Å²) in [5, 5.41) is 16.2. The third kappa shape index (κ3) is 6.57. The van der Waals surface area contributed by atoms with Gasteiger partial charge in [0.2, 0.25) is 0 Å². The number of hydrogen-bond donors (Lipinski definition) is 0. The van der Waals surface area contributed by atoms with E-state index in [9.17, 15) is 4.79 Å². The standard InChI is InChI=1S/C8H10N2O2/c9-5-3-1-2-4-8(11)12-7-6-10/h1-4,7H2. The summed E-state index contributed by atoms with van der Waals surface area (Å²) in [5.74, 6) is -0.366. The number of ether oxygens (including phenoxy) is 1. The van der Waals surface area contributed by atoms with Gasteiger partial charge in [-0.25, -0.2) is 0 Å². The number of unbranched alkanes of at least 4 members (excludes halogenated alkanes) is 2. The van der Waals surface area contributed by atoms with E-state index < -0.39 is 0 Å². The molecule has 0 aromatic heterocycles. The molecule has 0 unspecified atom stereocenters. The molecule has 0 radical (unpaired) electrons. The van der Waals surface area contributed by atoms with E-state index >= 15 is 0 Å². The molecule has 12 heavy (non-hydrogen) atoms. The summed E-state index contributed by atoms with van der Waals surface area (Å²) in [5.41, 5.74) is 0. The fourth-order valence-electron chi connectivity index (χ4n) is 0.658. The first-order valence-electron chi connectivity index (χ1n) is 3.70. The van der Waals surface area contributed by atoms with Crippen LogP contribution in [0.4, 0.5) is 0 Å². The number of carbonyl (C=O) groups excluding carboxylic acids is 1. The zero-order chi connectivity index (χ0) is 9.23. The molecule has 0 rings (SSSR count). The van der Waals surface area contributed by atoms with Gasteiger partial charge in [-0.05, 0) is 12.8 Å². The highest BCUT2D eigenvalue weighted by molar-refractivity contribution is 5.69. The molecule has 0 aromatic carbocycles. The van der Waals surface area contributed by atoms with Crippen LogP contribution in [0.2, 0.25) is 0 Å². The minimum atomic E-state index is -0.366. The van der Waals surface area contributed by atoms with E-state index in [2.05, 4.69) is 4.74 Å². The molecule has 0 saturated heterocycles. The Bertz CT molecular complexity index is 212. The molecule has 64 valence electrons. The topological polar surface area (TPSA) is 73.9 Å². The smallest absolute Gasteiger partial charge is 0.306 e. The number of esters is 1. The molecule has 0 fully saturated rings. The highest BCUT2D eigenvalue weighted by Crippen LogP contribution is 1.99. The summed E-state index contributed by atoms with van der Waals surface area (Å²) in [6.45, 7) is -0.183. The summed E-state index contributed by atoms with van der Waals surface area (Å²) in [6, 6.07) is 3.68. The zero-order valence-electron chi connectivity index (χ0n) is 6.75. The van der Waals surface area contributed by atoms with E-state index in [1.54, 1.807) is 6.07 Å². The van der Waals surface area contributed by atoms with Gasteiger partial charge in [0.25, 0.3) is 0 Å². The van der Waals surface area contributed by atoms with Crippen molar-refractivity contribution in [3.63, 3.8) is 0 Å². The monoisotopic (exact) mass is 166 g/mol. The van der Waals surface area contributed by atoms with Crippen LogP contribution in [0.3, 0.4) is 0 Å². The van der Waals surface area contributed by atoms with Gasteiger partial charge in [-0.15, -0.1) is 0 Å². The Hall–Kier alpha value is -1.55. The van der Waals surface area contributed by atoms with Crippen molar-refractivity contribution < 1.29 is 9.53 Å². The average Bonchev–Trinajstić information content (AvgIpc) is 2.09. The minimum absolute atomic E-state index is 0.183. The lowest BCUT2D eigenvalue weighted by molar-refractivity contribution is -0.142. The molecule has 0 aliphatic heterocycles. The third-order valence-electron chi connectivity index (χ3n) is 1.22. The molecule has 0 saturated carbocycles. The van der Waals surface area contributed by atoms with Crippen LogP contribution < -0.4 is 0 Å². The molecule has 4 heteroatoms. The van der Waals surface area contributed by atoms with E-state index in [0.29, 0.717) is 25.7 Å². The van der Waals surface area contributed by atoms with Crippen LogP contribution >= 0.6 is 0 Å². The number of hydrogen-bond acceptors (Lipinski definition) is 4. The van der Waals surface area contributed by atoms with Crippen LogP contribution in [0.25, 0.3) is 0 Å². The quantitative estimate of drug-likeness (QED) is 0.453. The van der Waals surface area contributed by atoms with Crippen molar-refractivity contribution in [3.8, 4) is 12.1 Å². The van der Waals surface area contributed by atoms with Crippen LogP contribution in [0.15, 0.2) is 0 Å². The first-order valence-corrected chi connectivity index (χ1v) is 3.70. The van der Waals surface area contributed by atoms with Gasteiger partial charge in [0, 0.05) is 12.8 Å². The summed E-state index contributed by atoms with van der Waals surface area (Å²) in [7, 11) is 0. The minimum Gasteiger partial charge on any atom is -0.450 e. The second kappa shape index (κ2) is 7.56. The lowest BCUT2D eigenvalue weighted by atomic mass is 10.2. The Kier molecular flexibility index (Phi) is 6.58. The molecule has 0 aliphatic carbocycles. The molecule has 0 aliphatic rings. The van der Waals surface area contributed by atoms with Crippen molar-refractivity contribution in [1.82, 2.24) is 0 Å². The van der Waals surface area contributed by atoms with Crippen molar-refractivity contribution in [3.05, 3.63) is 0 Å². The fraction of sp³-hybridized carbons (Fsp3) is 0.625. The fourth-order valence-corrected chi connectivity index (χ4v) is 0.658. The van der Waals surface area contributed by atoms with Crippen molar-refractivity contribution in [1.29, 1.82) is 10.5 Å². The summed E-state index contributed by atoms with van der Waals surface area (Å²) in [4.78, 5) is 10.7. The van der Waals surface area contributed by atoms with Crippen LogP contribution in [0.5, 0.6) is 0 Å². The Morgan fingerprint density at radius 2 is 2.00 bits per heavy atom. The molecular formula is C8H10N2O2. The molecule has 0 N–H and O–H groups in total. The highest BCUT2D eigenvalue weighted by Gasteiger charge is 2.00. The summed E-state index contributed by atoms with van der Waals surface area (Å²) >= 11 is 0. The van der Waals surface area contributed by atoms with Gasteiger partial charge in [-0.2, -0.15) is 10.5 Å². The molecule has 0 aromatic rings. The van der Waals surface area contributed by atoms with Crippen molar-refractivity contribution in [2.45, 2.75) is 25.7 Å². The Labute approximate surface area is 71.4 Å². The molecule has 0 atom stereocenters. The first kappa shape index (κ1) is 10.4. The van der Waals surface area contributed by atoms with E-state index in [4.69, 9.17) is 10.5 Å². The summed E-state index contributed by atoms with van der Waals surface area (Å²) in [6.07, 6.45) is 2.12. The maximum atomic E-state index is 10.7. The molecule has 0 heterocycles. The second-order valence-electron chi connectivity index (χ2n) is 2.18. The van der Waals surface area contributed by atoms with Crippen molar-refractivity contribution in [2.75, 3.05) is 6.61 Å². The third-order valence-corrected chi connectivity index (χ3v) is 1.22. The Morgan fingerprint density at radius 3 is 2.58 bits per heavy atom. The predicted octanol–water partition coefficient (Wildman–Crippen LogP) is 1.14. The van der Waals surface area contributed by atoms with Gasteiger partial charge in [-0.1, -0.05) is 0 Å². The van der Waals surface area contributed by atoms with E-state index in [1.807, 2.05) is 6.07 Å². The maximum absolute atomic E-state index is 10.7. The number of nitrogens with zero attached hydrogens (tertiary/aromatic N) is 2. The molecule has 0 amide bonds. The first-order chi connectivity index (χ1) is 5.81. The Morgan fingerprint density at radius 1 is 1.25 bits per heavy atom. The van der Waals surface area contributed by atoms with E-state index in [-0.39, 0.29) is 12.6 Å². The zero-order valence-corrected chi connectivity index (χ0v) is 6.75. The lowest BCUT2D eigenvalue weighted by Crippen LogP contribution is -2.03. The van der Waals surface area contributed by atoms with Crippen LogP contribution in [-0.2, 0) is 9.53 Å². The van der Waals surface area contributed by atoms with Gasteiger partial charge in [0.15, 0.2) is 6.61 Å². The van der Waals surface area contributed by atoms with E-state index in [1.165, 1.54) is 0 Å². The van der Waals surface area contributed by atoms with Crippen LogP contribution in [-0.4, -0.2) is 12.6 Å². The van der Waals surface area contributed by atoms with Crippen molar-refractivity contribution in [2.24, 2.45) is 0 Å². The molecule has 4 nitrogen and oxygen atoms in total. The van der Waals surface area contributed by atoms with Crippen LogP contribution in [0, 0.1) is 22.7 Å². The molecular weight excluding hydrogens is 156 g/mol. The largest absolute Gasteiger partial charge is 0.450 e. The number of rotatable bonds is 5. The van der Waals surface area contributed by atoms with Gasteiger partial charge in [0.1, 0.15) is 6.07 Å². The normalized spacial score (nSPS) is 8.17. The summed E-state index contributed by atoms with van der Waals surface area (Å²) < 4.78 is 4.49. The van der Waals surface area contributed by atoms with Crippen molar-refractivity contribution >= 4 is 5.97 Å². The average molecular weight is 166 g/mol.